The van der Waals surface area contributed by atoms with Gasteiger partial charge in [0.1, 0.15) is 0 Å². The average molecular weight is 377 g/mol. The average Bonchev–Trinajstić information content (AvgIpc) is 2.47. The van der Waals surface area contributed by atoms with Crippen LogP contribution < -0.4 is 0 Å². The van der Waals surface area contributed by atoms with Crippen LogP contribution in [-0.2, 0) is 30.6 Å². The van der Waals surface area contributed by atoms with Gasteiger partial charge in [-0.3, -0.25) is 0 Å². The molecule has 0 aromatic rings. The van der Waals surface area contributed by atoms with E-state index in [2.05, 4.69) is 52.1 Å². The Labute approximate surface area is 130 Å². The molecule has 0 heterocycles. The van der Waals surface area contributed by atoms with Gasteiger partial charge in [0.2, 0.25) is 0 Å². The third-order valence-electron chi connectivity index (χ3n) is 1.75. The van der Waals surface area contributed by atoms with E-state index in [1.165, 1.54) is 3.28 Å². The van der Waals surface area contributed by atoms with E-state index < -0.39 is 32.2 Å². The van der Waals surface area contributed by atoms with Crippen molar-refractivity contribution in [2.24, 2.45) is 0 Å². The van der Waals surface area contributed by atoms with Gasteiger partial charge >= 0.3 is 107 Å². The van der Waals surface area contributed by atoms with E-state index in [-0.39, 0.29) is 30.4 Å². The van der Waals surface area contributed by atoms with Gasteiger partial charge in [0.05, 0.1) is 0 Å². The molecule has 0 saturated heterocycles. The standard InChI is InChI=1S/C6H15O2Si.C5H5.2ClH.Zr/c1-6(2,3)8-9(4,5)7;1-2-4-5-3-1;;;/h1-5H3;1-3H,4H2;2*1H;/q-1;;;;+1. The Bertz CT molecular complexity index is 286. The van der Waals surface area contributed by atoms with Gasteiger partial charge in [0.25, 0.3) is 0 Å². The van der Waals surface area contributed by atoms with Crippen LogP contribution >= 0.6 is 24.8 Å². The minimum absolute atomic E-state index is 0. The SMILES string of the molecule is CC(C)(C)O[Si](C)(C)[O][Zr][C]1=CC=CC1.Cl.Cl. The fourth-order valence-electron chi connectivity index (χ4n) is 1.47. The summed E-state index contributed by atoms with van der Waals surface area (Å²) in [5, 5.41) is 0. The molecule has 1 rings (SSSR count). The van der Waals surface area contributed by atoms with Crippen molar-refractivity contribution in [3.05, 3.63) is 21.5 Å². The molecule has 17 heavy (non-hydrogen) atoms. The summed E-state index contributed by atoms with van der Waals surface area (Å²) in [6.45, 7) is 10.6. The summed E-state index contributed by atoms with van der Waals surface area (Å²) in [5.41, 5.74) is -0.0859. The molecule has 0 aromatic carbocycles. The summed E-state index contributed by atoms with van der Waals surface area (Å²) in [5.74, 6) is 0. The third kappa shape index (κ3) is 9.63. The second-order valence-corrected chi connectivity index (χ2v) is 11.9. The largest absolute Gasteiger partial charge is 0.147 e. The quantitative estimate of drug-likeness (QED) is 0.685. The van der Waals surface area contributed by atoms with Gasteiger partial charge in [-0.25, -0.2) is 0 Å². The number of allylic oxidation sites excluding steroid dienone is 4. The minimum Gasteiger partial charge on any atom is -0.147 e. The van der Waals surface area contributed by atoms with Crippen LogP contribution in [0.1, 0.15) is 27.2 Å². The zero-order valence-corrected chi connectivity index (χ0v) is 16.2. The van der Waals surface area contributed by atoms with Crippen molar-refractivity contribution in [2.45, 2.75) is 45.9 Å². The van der Waals surface area contributed by atoms with Crippen molar-refractivity contribution in [2.75, 3.05) is 0 Å². The second-order valence-electron chi connectivity index (χ2n) is 5.14. The Morgan fingerprint density at radius 3 is 2.24 bits per heavy atom. The number of hydrogen-bond acceptors (Lipinski definition) is 2. The predicted octanol–water partition coefficient (Wildman–Crippen LogP) is 4.20. The Balaban J connectivity index is 0. The van der Waals surface area contributed by atoms with E-state index in [0.29, 0.717) is 0 Å². The fourth-order valence-corrected chi connectivity index (χ4v) is 7.35. The van der Waals surface area contributed by atoms with E-state index in [0.717, 1.165) is 6.42 Å². The smallest absolute Gasteiger partial charge is 0.147 e. The van der Waals surface area contributed by atoms with Gasteiger partial charge in [-0.1, -0.05) is 0 Å². The molecule has 0 saturated carbocycles. The zero-order chi connectivity index (χ0) is 11.5. The molecule has 0 unspecified atom stereocenters. The molecule has 0 aromatic heterocycles. The molecule has 0 aliphatic heterocycles. The maximum absolute atomic E-state index is 6.07. The number of rotatable bonds is 4. The molecule has 0 amide bonds. The monoisotopic (exact) mass is 374 g/mol. The van der Waals surface area contributed by atoms with Gasteiger partial charge in [-0.05, 0) is 0 Å². The fraction of sp³-hybridized carbons (Fsp3) is 0.636. The van der Waals surface area contributed by atoms with E-state index >= 15 is 0 Å². The van der Waals surface area contributed by atoms with E-state index in [1.807, 2.05) is 0 Å². The van der Waals surface area contributed by atoms with Crippen LogP contribution in [0.15, 0.2) is 21.5 Å². The van der Waals surface area contributed by atoms with Gasteiger partial charge in [0.15, 0.2) is 0 Å². The van der Waals surface area contributed by atoms with Crippen molar-refractivity contribution in [1.29, 1.82) is 0 Å². The van der Waals surface area contributed by atoms with Crippen LogP contribution in [-0.4, -0.2) is 14.2 Å². The first kappa shape index (κ1) is 20.4. The first-order valence-corrected chi connectivity index (χ1v) is 10.3. The molecule has 0 N–H and O–H groups in total. The Morgan fingerprint density at radius 1 is 1.24 bits per heavy atom. The number of hydrogen-bond donors (Lipinski definition) is 0. The molecule has 1 aliphatic carbocycles. The zero-order valence-electron chi connectivity index (χ0n) is 11.1. The molecule has 2 nitrogen and oxygen atoms in total. The van der Waals surface area contributed by atoms with Crippen molar-refractivity contribution in [3.63, 3.8) is 0 Å². The maximum atomic E-state index is 6.07. The molecule has 1 aliphatic rings. The Morgan fingerprint density at radius 2 is 1.82 bits per heavy atom. The summed E-state index contributed by atoms with van der Waals surface area (Å²) in [6.07, 6.45) is 7.62. The van der Waals surface area contributed by atoms with Gasteiger partial charge in [0, 0.05) is 0 Å². The predicted molar refractivity (Wildman–Crippen MR) is 75.7 cm³/mol. The molecular formula is C11H22Cl2O2SiZr. The van der Waals surface area contributed by atoms with Gasteiger partial charge in [-0.15, -0.1) is 24.8 Å². The van der Waals surface area contributed by atoms with Crippen LogP contribution in [0.4, 0.5) is 0 Å². The first-order chi connectivity index (χ1) is 6.79. The van der Waals surface area contributed by atoms with Crippen molar-refractivity contribution in [3.8, 4) is 0 Å². The van der Waals surface area contributed by atoms with Crippen LogP contribution in [0, 0.1) is 0 Å². The van der Waals surface area contributed by atoms with Crippen LogP contribution in [0.3, 0.4) is 0 Å². The molecule has 100 valence electrons. The summed E-state index contributed by atoms with van der Waals surface area (Å²) in [4.78, 5) is 0. The van der Waals surface area contributed by atoms with Crippen molar-refractivity contribution in [1.82, 2.24) is 0 Å². The van der Waals surface area contributed by atoms with Crippen LogP contribution in [0.25, 0.3) is 0 Å². The first-order valence-electron chi connectivity index (χ1n) is 5.28. The molecule has 0 fully saturated rings. The molecule has 0 atom stereocenters. The summed E-state index contributed by atoms with van der Waals surface area (Å²) >= 11 is -0.832. The molecule has 0 spiro atoms. The maximum Gasteiger partial charge on any atom is -0.147 e. The summed E-state index contributed by atoms with van der Waals surface area (Å²) in [7, 11) is -1.90. The van der Waals surface area contributed by atoms with E-state index in [4.69, 9.17) is 6.93 Å². The van der Waals surface area contributed by atoms with E-state index in [1.54, 1.807) is 0 Å². The third-order valence-corrected chi connectivity index (χ3v) is 9.38. The molecular weight excluding hydrogens is 354 g/mol. The Hall–Kier alpha value is 1.08. The Kier molecular flexibility index (Phi) is 9.95. The van der Waals surface area contributed by atoms with Crippen molar-refractivity contribution < 1.29 is 30.6 Å². The summed E-state index contributed by atoms with van der Waals surface area (Å²) in [6, 6.07) is 0. The number of halogens is 2. The normalized spacial score (nSPS) is 14.8. The van der Waals surface area contributed by atoms with Gasteiger partial charge < -0.3 is 0 Å². The van der Waals surface area contributed by atoms with E-state index in [9.17, 15) is 0 Å². The summed E-state index contributed by atoms with van der Waals surface area (Å²) < 4.78 is 13.6. The molecule has 0 bridgehead atoms. The second kappa shape index (κ2) is 8.29. The molecule has 6 heteroatoms. The van der Waals surface area contributed by atoms with Crippen molar-refractivity contribution >= 4 is 33.4 Å². The van der Waals surface area contributed by atoms with Crippen LogP contribution in [0.2, 0.25) is 13.1 Å². The molecule has 0 radical (unpaired) electrons. The van der Waals surface area contributed by atoms with Crippen LogP contribution in [0.5, 0.6) is 0 Å². The van der Waals surface area contributed by atoms with Gasteiger partial charge in [-0.2, -0.15) is 0 Å². The minimum atomic E-state index is -1.90. The topological polar surface area (TPSA) is 18.5 Å².